The first kappa shape index (κ1) is 36.1. The fraction of sp³-hybridized carbons (Fsp3) is 0. The lowest BCUT2D eigenvalue weighted by Crippen LogP contribution is -2.14. The Hall–Kier alpha value is -8.00. The van der Waals surface area contributed by atoms with Crippen molar-refractivity contribution in [3.8, 4) is 55.6 Å². The van der Waals surface area contributed by atoms with E-state index in [1.165, 1.54) is 60.1 Å². The molecule has 0 unspecified atom stereocenters. The quantitative estimate of drug-likeness (QED) is 0.139. The number of benzene rings is 11. The highest BCUT2D eigenvalue weighted by atomic mass is 15.1. The van der Waals surface area contributed by atoms with Crippen LogP contribution >= 0.6 is 0 Å². The van der Waals surface area contributed by atoms with Crippen LogP contribution in [0, 0.1) is 0 Å². The second-order valence-corrected chi connectivity index (χ2v) is 15.6. The molecular weight excluding hydrogens is 735 g/mol. The second kappa shape index (κ2) is 15.6. The molecule has 11 aromatic rings. The number of para-hydroxylation sites is 2. The van der Waals surface area contributed by atoms with E-state index in [-0.39, 0.29) is 0 Å². The zero-order valence-electron chi connectivity index (χ0n) is 33.6. The predicted molar refractivity (Wildman–Crippen MR) is 261 cm³/mol. The first-order valence-electron chi connectivity index (χ1n) is 21.0. The molecule has 0 aliphatic carbocycles. The Morgan fingerprint density at radius 1 is 0.213 bits per heavy atom. The van der Waals surface area contributed by atoms with E-state index < -0.39 is 0 Å². The summed E-state index contributed by atoms with van der Waals surface area (Å²) in [5.41, 5.74) is 15.0. The van der Waals surface area contributed by atoms with Gasteiger partial charge in [0.05, 0.1) is 17.1 Å². The monoisotopic (exact) mass is 775 g/mol. The third-order valence-electron chi connectivity index (χ3n) is 12.1. The summed E-state index contributed by atoms with van der Waals surface area (Å²) >= 11 is 0. The number of anilines is 3. The largest absolute Gasteiger partial charge is 0.309 e. The molecular formula is C60H41N. The lowest BCUT2D eigenvalue weighted by molar-refractivity contribution is 1.28. The number of hydrogen-bond acceptors (Lipinski definition) is 1. The van der Waals surface area contributed by atoms with E-state index in [9.17, 15) is 0 Å². The molecule has 0 amide bonds. The van der Waals surface area contributed by atoms with Crippen LogP contribution in [0.2, 0.25) is 0 Å². The third kappa shape index (κ3) is 6.54. The van der Waals surface area contributed by atoms with Gasteiger partial charge in [0.2, 0.25) is 0 Å². The maximum absolute atomic E-state index is 2.53. The first-order chi connectivity index (χ1) is 30.3. The van der Waals surface area contributed by atoms with Gasteiger partial charge in [-0.1, -0.05) is 231 Å². The zero-order valence-corrected chi connectivity index (χ0v) is 33.6. The van der Waals surface area contributed by atoms with E-state index in [1.54, 1.807) is 0 Å². The van der Waals surface area contributed by atoms with Gasteiger partial charge in [-0.25, -0.2) is 0 Å². The molecule has 286 valence electrons. The first-order valence-corrected chi connectivity index (χ1v) is 21.0. The maximum Gasteiger partial charge on any atom is 0.0546 e. The number of hydrogen-bond donors (Lipinski definition) is 0. The van der Waals surface area contributed by atoms with Crippen LogP contribution in [0.1, 0.15) is 0 Å². The average Bonchev–Trinajstić information content (AvgIpc) is 3.34. The van der Waals surface area contributed by atoms with Crippen molar-refractivity contribution < 1.29 is 0 Å². The highest BCUT2D eigenvalue weighted by Gasteiger charge is 2.25. The van der Waals surface area contributed by atoms with Crippen LogP contribution < -0.4 is 4.90 Å². The van der Waals surface area contributed by atoms with Gasteiger partial charge in [0, 0.05) is 16.7 Å². The van der Waals surface area contributed by atoms with Crippen molar-refractivity contribution in [2.75, 3.05) is 4.90 Å². The van der Waals surface area contributed by atoms with Gasteiger partial charge >= 0.3 is 0 Å². The van der Waals surface area contributed by atoms with Crippen LogP contribution in [0.4, 0.5) is 17.1 Å². The topological polar surface area (TPSA) is 3.24 Å². The van der Waals surface area contributed by atoms with Gasteiger partial charge in [-0.3, -0.25) is 0 Å². The lowest BCUT2D eigenvalue weighted by atomic mass is 9.89. The molecule has 0 saturated heterocycles. The van der Waals surface area contributed by atoms with Gasteiger partial charge in [-0.05, 0) is 89.5 Å². The van der Waals surface area contributed by atoms with E-state index in [2.05, 4.69) is 254 Å². The predicted octanol–water partition coefficient (Wildman–Crippen LogP) is 17.0. The molecule has 61 heavy (non-hydrogen) atoms. The van der Waals surface area contributed by atoms with Gasteiger partial charge in [0.15, 0.2) is 0 Å². The van der Waals surface area contributed by atoms with Crippen molar-refractivity contribution in [3.63, 3.8) is 0 Å². The molecule has 0 aromatic heterocycles. The standard InChI is InChI=1S/C60H41N/c1-4-19-42(20-5-1)47-38-39-49(43-21-6-2-7-22-43)59(41-47)61(57-35-14-12-29-54(57)52-33-18-32-51-48-28-11-10-25-45(48)37-40-53(51)52)58-36-15-13-30-55(58)56-34-17-27-46-26-16-31-50(60(46)56)44-23-8-3-9-24-44/h1-41H. The molecule has 1 heteroatoms. The summed E-state index contributed by atoms with van der Waals surface area (Å²) in [4.78, 5) is 2.53. The third-order valence-corrected chi connectivity index (χ3v) is 12.1. The van der Waals surface area contributed by atoms with E-state index >= 15 is 0 Å². The van der Waals surface area contributed by atoms with Crippen molar-refractivity contribution >= 4 is 49.4 Å². The van der Waals surface area contributed by atoms with Gasteiger partial charge in [0.1, 0.15) is 0 Å². The summed E-state index contributed by atoms with van der Waals surface area (Å²) in [6, 6.07) is 90.7. The maximum atomic E-state index is 2.53. The van der Waals surface area contributed by atoms with Gasteiger partial charge < -0.3 is 4.90 Å². The average molecular weight is 776 g/mol. The Morgan fingerprint density at radius 3 is 1.41 bits per heavy atom. The SMILES string of the molecule is c1ccc(-c2ccc(-c3ccccc3)c(N(c3ccccc3-c3cccc4c3ccc3ccccc34)c3ccccc3-c3cccc4cccc(-c5ccccc5)c34)c2)cc1. The molecule has 0 saturated carbocycles. The molecule has 0 aliphatic rings. The highest BCUT2D eigenvalue weighted by molar-refractivity contribution is 6.14. The minimum atomic E-state index is 1.10. The molecule has 11 rings (SSSR count). The highest BCUT2D eigenvalue weighted by Crippen LogP contribution is 2.50. The molecule has 0 atom stereocenters. The Bertz CT molecular complexity index is 3350. The summed E-state index contributed by atoms with van der Waals surface area (Å²) in [5.74, 6) is 0. The normalized spacial score (nSPS) is 11.3. The van der Waals surface area contributed by atoms with E-state index in [1.807, 2.05) is 0 Å². The van der Waals surface area contributed by atoms with Crippen LogP contribution in [0.3, 0.4) is 0 Å². The van der Waals surface area contributed by atoms with E-state index in [0.717, 1.165) is 44.9 Å². The smallest absolute Gasteiger partial charge is 0.0546 e. The van der Waals surface area contributed by atoms with Gasteiger partial charge in [0.25, 0.3) is 0 Å². The number of nitrogens with zero attached hydrogens (tertiary/aromatic N) is 1. The molecule has 0 fully saturated rings. The number of rotatable bonds is 8. The van der Waals surface area contributed by atoms with Gasteiger partial charge in [-0.15, -0.1) is 0 Å². The molecule has 0 aliphatic heterocycles. The van der Waals surface area contributed by atoms with Gasteiger partial charge in [-0.2, -0.15) is 0 Å². The van der Waals surface area contributed by atoms with Crippen LogP contribution in [-0.4, -0.2) is 0 Å². The molecule has 0 bridgehead atoms. The second-order valence-electron chi connectivity index (χ2n) is 15.6. The van der Waals surface area contributed by atoms with Crippen LogP contribution in [0.15, 0.2) is 249 Å². The summed E-state index contributed by atoms with van der Waals surface area (Å²) in [7, 11) is 0. The van der Waals surface area contributed by atoms with Crippen molar-refractivity contribution in [1.82, 2.24) is 0 Å². The van der Waals surface area contributed by atoms with E-state index in [0.29, 0.717) is 0 Å². The van der Waals surface area contributed by atoms with Crippen LogP contribution in [0.5, 0.6) is 0 Å². The summed E-state index contributed by atoms with van der Waals surface area (Å²) in [6.45, 7) is 0. The van der Waals surface area contributed by atoms with Crippen molar-refractivity contribution in [2.45, 2.75) is 0 Å². The minimum absolute atomic E-state index is 1.10. The zero-order chi connectivity index (χ0) is 40.5. The molecule has 0 radical (unpaired) electrons. The molecule has 0 spiro atoms. The summed E-state index contributed by atoms with van der Waals surface area (Å²) in [6.07, 6.45) is 0. The molecule has 0 N–H and O–H groups in total. The Balaban J connectivity index is 1.24. The fourth-order valence-electron chi connectivity index (χ4n) is 9.27. The Morgan fingerprint density at radius 2 is 0.705 bits per heavy atom. The van der Waals surface area contributed by atoms with Crippen molar-refractivity contribution in [2.24, 2.45) is 0 Å². The molecule has 0 heterocycles. The lowest BCUT2D eigenvalue weighted by Gasteiger charge is -2.32. The fourth-order valence-corrected chi connectivity index (χ4v) is 9.27. The summed E-state index contributed by atoms with van der Waals surface area (Å²) in [5, 5.41) is 7.42. The van der Waals surface area contributed by atoms with Crippen molar-refractivity contribution in [1.29, 1.82) is 0 Å². The van der Waals surface area contributed by atoms with Crippen molar-refractivity contribution in [3.05, 3.63) is 249 Å². The molecule has 11 aromatic carbocycles. The number of fused-ring (bicyclic) bond motifs is 4. The van der Waals surface area contributed by atoms with E-state index in [4.69, 9.17) is 0 Å². The van der Waals surface area contributed by atoms with Crippen LogP contribution in [-0.2, 0) is 0 Å². The Labute approximate surface area is 357 Å². The summed E-state index contributed by atoms with van der Waals surface area (Å²) < 4.78 is 0. The minimum Gasteiger partial charge on any atom is -0.309 e. The molecule has 1 nitrogen and oxygen atoms in total. The van der Waals surface area contributed by atoms with Crippen LogP contribution in [0.25, 0.3) is 88.0 Å². The Kier molecular flexibility index (Phi) is 9.26.